The summed E-state index contributed by atoms with van der Waals surface area (Å²) in [6.45, 7) is 0.182. The van der Waals surface area contributed by atoms with Crippen LogP contribution in [0.15, 0.2) is 78.4 Å². The topological polar surface area (TPSA) is 76.1 Å². The molecule has 6 nitrogen and oxygen atoms in total. The summed E-state index contributed by atoms with van der Waals surface area (Å²) >= 11 is 6.06. The molecule has 3 aromatic carbocycles. The van der Waals surface area contributed by atoms with Crippen LogP contribution in [-0.2, 0) is 16.1 Å². The summed E-state index contributed by atoms with van der Waals surface area (Å²) in [7, 11) is 3.12. The third-order valence-electron chi connectivity index (χ3n) is 5.60. The molecule has 1 aliphatic rings. The molecule has 168 valence electrons. The standard InChI is InChI=1S/C26H22ClNO5/c1-32-20-11-3-16(4-12-20)15-28-23(17-5-9-19(27)10-6-17)22(25(30)26(28)31)24(29)18-7-13-21(33-2)14-8-18/h3-14,23,29H,15H2,1-2H3/b24-22-. The average molecular weight is 464 g/mol. The van der Waals surface area contributed by atoms with Crippen molar-refractivity contribution in [3.63, 3.8) is 0 Å². The van der Waals surface area contributed by atoms with Crippen LogP contribution in [0, 0.1) is 0 Å². The molecule has 3 aromatic rings. The van der Waals surface area contributed by atoms with Gasteiger partial charge in [0.15, 0.2) is 0 Å². The minimum Gasteiger partial charge on any atom is -0.507 e. The molecule has 1 N–H and O–H groups in total. The predicted molar refractivity (Wildman–Crippen MR) is 125 cm³/mol. The molecular weight excluding hydrogens is 442 g/mol. The van der Waals surface area contributed by atoms with Crippen molar-refractivity contribution >= 4 is 29.1 Å². The molecular formula is C26H22ClNO5. The Balaban J connectivity index is 1.80. The van der Waals surface area contributed by atoms with Gasteiger partial charge in [0.25, 0.3) is 11.7 Å². The largest absolute Gasteiger partial charge is 0.507 e. The number of ketones is 1. The van der Waals surface area contributed by atoms with Gasteiger partial charge in [-0.2, -0.15) is 0 Å². The molecule has 1 saturated heterocycles. The van der Waals surface area contributed by atoms with Crippen LogP contribution in [0.1, 0.15) is 22.7 Å². The number of carbonyl (C=O) groups is 2. The van der Waals surface area contributed by atoms with Crippen LogP contribution in [0.5, 0.6) is 11.5 Å². The van der Waals surface area contributed by atoms with Crippen LogP contribution < -0.4 is 9.47 Å². The van der Waals surface area contributed by atoms with Crippen LogP contribution in [0.25, 0.3) is 5.76 Å². The van der Waals surface area contributed by atoms with Crippen molar-refractivity contribution in [3.05, 3.63) is 100 Å². The van der Waals surface area contributed by atoms with Crippen LogP contribution in [0.4, 0.5) is 0 Å². The Morgan fingerprint density at radius 2 is 1.42 bits per heavy atom. The van der Waals surface area contributed by atoms with E-state index in [9.17, 15) is 14.7 Å². The van der Waals surface area contributed by atoms with Gasteiger partial charge in [0.1, 0.15) is 17.3 Å². The lowest BCUT2D eigenvalue weighted by Gasteiger charge is -2.25. The van der Waals surface area contributed by atoms with Crippen LogP contribution in [0.3, 0.4) is 0 Å². The van der Waals surface area contributed by atoms with Gasteiger partial charge < -0.3 is 19.5 Å². The molecule has 1 heterocycles. The van der Waals surface area contributed by atoms with Gasteiger partial charge in [-0.15, -0.1) is 0 Å². The normalized spacial score (nSPS) is 17.3. The molecule has 0 aliphatic carbocycles. The molecule has 1 aliphatic heterocycles. The summed E-state index contributed by atoms with van der Waals surface area (Å²) in [6.07, 6.45) is 0. The Morgan fingerprint density at radius 1 is 0.879 bits per heavy atom. The Morgan fingerprint density at radius 3 is 1.97 bits per heavy atom. The third kappa shape index (κ3) is 4.43. The molecule has 1 fully saturated rings. The quantitative estimate of drug-likeness (QED) is 0.317. The molecule has 0 saturated carbocycles. The first-order valence-corrected chi connectivity index (χ1v) is 10.6. The molecule has 1 unspecified atom stereocenters. The van der Waals surface area contributed by atoms with Crippen molar-refractivity contribution in [2.45, 2.75) is 12.6 Å². The smallest absolute Gasteiger partial charge is 0.295 e. The van der Waals surface area contributed by atoms with Crippen molar-refractivity contribution in [2.75, 3.05) is 14.2 Å². The van der Waals surface area contributed by atoms with E-state index in [1.165, 1.54) is 4.90 Å². The number of rotatable bonds is 6. The molecule has 33 heavy (non-hydrogen) atoms. The zero-order chi connectivity index (χ0) is 23.5. The second kappa shape index (κ2) is 9.38. The number of ether oxygens (including phenoxy) is 2. The molecule has 1 amide bonds. The van der Waals surface area contributed by atoms with E-state index in [1.54, 1.807) is 74.9 Å². The zero-order valence-electron chi connectivity index (χ0n) is 18.1. The van der Waals surface area contributed by atoms with Crippen molar-refractivity contribution in [1.82, 2.24) is 4.90 Å². The van der Waals surface area contributed by atoms with Gasteiger partial charge in [0.05, 0.1) is 25.8 Å². The first-order valence-electron chi connectivity index (χ1n) is 10.2. The molecule has 4 rings (SSSR count). The summed E-state index contributed by atoms with van der Waals surface area (Å²) in [5.74, 6) is -0.360. The second-order valence-electron chi connectivity index (χ2n) is 7.56. The highest BCUT2D eigenvalue weighted by atomic mass is 35.5. The highest BCUT2D eigenvalue weighted by molar-refractivity contribution is 6.46. The number of aliphatic hydroxyl groups excluding tert-OH is 1. The number of carbonyl (C=O) groups excluding carboxylic acids is 2. The van der Waals surface area contributed by atoms with E-state index < -0.39 is 17.7 Å². The highest BCUT2D eigenvalue weighted by Crippen LogP contribution is 2.40. The number of benzene rings is 3. The van der Waals surface area contributed by atoms with Crippen LogP contribution in [-0.4, -0.2) is 35.9 Å². The summed E-state index contributed by atoms with van der Waals surface area (Å²) in [5, 5.41) is 11.6. The fourth-order valence-electron chi connectivity index (χ4n) is 3.87. The lowest BCUT2D eigenvalue weighted by atomic mass is 9.95. The van der Waals surface area contributed by atoms with Gasteiger partial charge in [-0.1, -0.05) is 35.9 Å². The third-order valence-corrected chi connectivity index (χ3v) is 5.85. The van der Waals surface area contributed by atoms with Gasteiger partial charge in [0.2, 0.25) is 0 Å². The molecule has 0 radical (unpaired) electrons. The van der Waals surface area contributed by atoms with Crippen molar-refractivity contribution in [2.24, 2.45) is 0 Å². The minimum atomic E-state index is -0.772. The van der Waals surface area contributed by atoms with Crippen molar-refractivity contribution in [3.8, 4) is 11.5 Å². The van der Waals surface area contributed by atoms with Crippen LogP contribution >= 0.6 is 11.6 Å². The minimum absolute atomic E-state index is 0.0287. The van der Waals surface area contributed by atoms with Gasteiger partial charge in [-0.25, -0.2) is 0 Å². The second-order valence-corrected chi connectivity index (χ2v) is 7.99. The van der Waals surface area contributed by atoms with Gasteiger partial charge in [-0.3, -0.25) is 9.59 Å². The fraction of sp³-hybridized carbons (Fsp3) is 0.154. The molecule has 0 spiro atoms. The van der Waals surface area contributed by atoms with Gasteiger partial charge in [-0.05, 0) is 59.7 Å². The Labute approximate surface area is 196 Å². The molecule has 0 aromatic heterocycles. The van der Waals surface area contributed by atoms with E-state index >= 15 is 0 Å². The van der Waals surface area contributed by atoms with E-state index in [1.807, 2.05) is 12.1 Å². The Bertz CT molecular complexity index is 1200. The maximum atomic E-state index is 13.1. The lowest BCUT2D eigenvalue weighted by molar-refractivity contribution is -0.140. The number of likely N-dealkylation sites (tertiary alicyclic amines) is 1. The summed E-state index contributed by atoms with van der Waals surface area (Å²) in [5.41, 5.74) is 1.93. The predicted octanol–water partition coefficient (Wildman–Crippen LogP) is 4.98. The van der Waals surface area contributed by atoms with E-state index in [0.29, 0.717) is 27.6 Å². The zero-order valence-corrected chi connectivity index (χ0v) is 18.9. The maximum Gasteiger partial charge on any atom is 0.295 e. The van der Waals surface area contributed by atoms with Crippen molar-refractivity contribution < 1.29 is 24.2 Å². The number of amides is 1. The molecule has 7 heteroatoms. The number of Topliss-reactive ketones (excluding diaryl/α,β-unsaturated/α-hetero) is 1. The summed E-state index contributed by atoms with van der Waals surface area (Å²) < 4.78 is 10.4. The molecule has 1 atom stereocenters. The average Bonchev–Trinajstić information content (AvgIpc) is 3.09. The SMILES string of the molecule is COc1ccc(CN2C(=O)C(=O)/C(=C(\O)c3ccc(OC)cc3)C2c2ccc(Cl)cc2)cc1. The number of methoxy groups -OCH3 is 2. The number of halogens is 1. The van der Waals surface area contributed by atoms with Crippen molar-refractivity contribution in [1.29, 1.82) is 0 Å². The number of nitrogens with zero attached hydrogens (tertiary/aromatic N) is 1. The van der Waals surface area contributed by atoms with E-state index in [-0.39, 0.29) is 17.9 Å². The maximum absolute atomic E-state index is 13.1. The highest BCUT2D eigenvalue weighted by Gasteiger charge is 2.46. The Hall–Kier alpha value is -3.77. The van der Waals surface area contributed by atoms with E-state index in [4.69, 9.17) is 21.1 Å². The lowest BCUT2D eigenvalue weighted by Crippen LogP contribution is -2.29. The Kier molecular flexibility index (Phi) is 6.38. The van der Waals surface area contributed by atoms with Crippen LogP contribution in [0.2, 0.25) is 5.02 Å². The fourth-order valence-corrected chi connectivity index (χ4v) is 3.99. The van der Waals surface area contributed by atoms with E-state index in [2.05, 4.69) is 0 Å². The summed E-state index contributed by atoms with van der Waals surface area (Å²) in [6, 6.07) is 20.0. The van der Waals surface area contributed by atoms with Gasteiger partial charge >= 0.3 is 0 Å². The number of hydrogen-bond acceptors (Lipinski definition) is 5. The summed E-state index contributed by atoms with van der Waals surface area (Å²) in [4.78, 5) is 27.7. The van der Waals surface area contributed by atoms with E-state index in [0.717, 1.165) is 5.56 Å². The molecule has 0 bridgehead atoms. The monoisotopic (exact) mass is 463 g/mol. The first kappa shape index (κ1) is 22.4. The number of hydrogen-bond donors (Lipinski definition) is 1. The first-order chi connectivity index (χ1) is 15.9. The van der Waals surface area contributed by atoms with Gasteiger partial charge in [0, 0.05) is 17.1 Å². The number of aliphatic hydroxyl groups is 1.